The van der Waals surface area contributed by atoms with Crippen LogP contribution in [0.15, 0.2) is 11.8 Å². The molecule has 1 saturated heterocycles. The molecule has 0 aromatic heterocycles. The molecule has 1 saturated carbocycles. The molecule has 1 aliphatic carbocycles. The molecular weight excluding hydrogens is 352 g/mol. The van der Waals surface area contributed by atoms with E-state index in [2.05, 4.69) is 0 Å². The van der Waals surface area contributed by atoms with E-state index in [1.807, 2.05) is 0 Å². The second-order valence-corrected chi connectivity index (χ2v) is 7.11. The van der Waals surface area contributed by atoms with Gasteiger partial charge in [0.1, 0.15) is 30.0 Å². The summed E-state index contributed by atoms with van der Waals surface area (Å²) in [5, 5.41) is 60.0. The van der Waals surface area contributed by atoms with E-state index in [9.17, 15) is 35.4 Å². The minimum atomic E-state index is -1.67. The first kappa shape index (κ1) is 19.6. The highest BCUT2D eigenvalue weighted by atomic mass is 16.8. The fraction of sp³-hybridized carbons (Fsp3) is 0.812. The third kappa shape index (κ3) is 2.96. The predicted molar refractivity (Wildman–Crippen MR) is 82.1 cm³/mol. The molecule has 3 aliphatic rings. The standard InChI is InChI=1S/C16H24O10/c1-6-8(19)2-16(23)7(3-17)5-24-14(10(6)16)26-15-13(22)12(21)11(20)9(4-18)25-15/h3,5-6,8-15,18-23H,2,4H2,1H3/t6-,8-,9+,10-,11+,12-,13-,14-,15+,16-/m0/s1. The molecule has 148 valence electrons. The van der Waals surface area contributed by atoms with Crippen LogP contribution in [0.4, 0.5) is 0 Å². The van der Waals surface area contributed by atoms with Crippen molar-refractivity contribution in [2.45, 2.75) is 62.0 Å². The van der Waals surface area contributed by atoms with E-state index >= 15 is 0 Å². The highest BCUT2D eigenvalue weighted by molar-refractivity contribution is 5.76. The first-order chi connectivity index (χ1) is 12.2. The number of fused-ring (bicyclic) bond motifs is 1. The van der Waals surface area contributed by atoms with Gasteiger partial charge in [0.05, 0.1) is 30.5 Å². The summed E-state index contributed by atoms with van der Waals surface area (Å²) in [4.78, 5) is 11.2. The van der Waals surface area contributed by atoms with Gasteiger partial charge in [0, 0.05) is 6.42 Å². The maximum Gasteiger partial charge on any atom is 0.208 e. The average molecular weight is 376 g/mol. The van der Waals surface area contributed by atoms with Crippen molar-refractivity contribution in [1.82, 2.24) is 0 Å². The molecule has 3 rings (SSSR count). The van der Waals surface area contributed by atoms with Crippen LogP contribution in [0.5, 0.6) is 0 Å². The first-order valence-corrected chi connectivity index (χ1v) is 8.42. The van der Waals surface area contributed by atoms with E-state index in [0.29, 0.717) is 6.29 Å². The van der Waals surface area contributed by atoms with E-state index in [1.165, 1.54) is 0 Å². The van der Waals surface area contributed by atoms with Gasteiger partial charge in [-0.2, -0.15) is 0 Å². The molecule has 10 atom stereocenters. The number of ether oxygens (including phenoxy) is 3. The zero-order valence-corrected chi connectivity index (χ0v) is 14.1. The molecule has 2 fully saturated rings. The Bertz CT molecular complexity index is 565. The van der Waals surface area contributed by atoms with Crippen molar-refractivity contribution in [3.8, 4) is 0 Å². The van der Waals surface area contributed by atoms with Gasteiger partial charge in [-0.15, -0.1) is 0 Å². The van der Waals surface area contributed by atoms with Crippen molar-refractivity contribution in [2.75, 3.05) is 6.61 Å². The normalized spacial score (nSPS) is 51.3. The van der Waals surface area contributed by atoms with Crippen LogP contribution in [0, 0.1) is 11.8 Å². The number of hydrogen-bond donors (Lipinski definition) is 6. The molecule has 0 unspecified atom stereocenters. The maximum atomic E-state index is 11.2. The fourth-order valence-corrected chi connectivity index (χ4v) is 3.98. The van der Waals surface area contributed by atoms with Gasteiger partial charge in [-0.05, 0) is 5.92 Å². The van der Waals surface area contributed by atoms with E-state index < -0.39 is 67.1 Å². The lowest BCUT2D eigenvalue weighted by Gasteiger charge is -2.44. The van der Waals surface area contributed by atoms with E-state index in [0.717, 1.165) is 6.26 Å². The monoisotopic (exact) mass is 376 g/mol. The summed E-state index contributed by atoms with van der Waals surface area (Å²) >= 11 is 0. The molecular formula is C16H24O10. The average Bonchev–Trinajstić information content (AvgIpc) is 2.85. The van der Waals surface area contributed by atoms with Gasteiger partial charge in [0.15, 0.2) is 12.6 Å². The van der Waals surface area contributed by atoms with Crippen LogP contribution in [0.3, 0.4) is 0 Å². The summed E-state index contributed by atoms with van der Waals surface area (Å²) in [6.45, 7) is 1.04. The molecule has 10 nitrogen and oxygen atoms in total. The number of aliphatic hydroxyl groups is 6. The first-order valence-electron chi connectivity index (χ1n) is 8.42. The van der Waals surface area contributed by atoms with Crippen molar-refractivity contribution in [2.24, 2.45) is 11.8 Å². The van der Waals surface area contributed by atoms with Crippen molar-refractivity contribution in [1.29, 1.82) is 0 Å². The molecule has 6 N–H and O–H groups in total. The number of carbonyl (C=O) groups is 1. The lowest BCUT2D eigenvalue weighted by atomic mass is 9.79. The van der Waals surface area contributed by atoms with Gasteiger partial charge >= 0.3 is 0 Å². The summed E-state index contributed by atoms with van der Waals surface area (Å²) in [5.41, 5.74) is -1.70. The van der Waals surface area contributed by atoms with Crippen LogP contribution in [0.2, 0.25) is 0 Å². The topological polar surface area (TPSA) is 166 Å². The maximum absolute atomic E-state index is 11.2. The molecule has 0 aromatic rings. The SMILES string of the molecule is C[C@@H]1[C@H]2[C@H](O[C@H]3O[C@H](CO)[C@@H](O)[C@H](O)[C@@H]3O)OC=C(C=O)[C@@]2(O)C[C@@H]1O. The molecule has 0 bridgehead atoms. The zero-order chi connectivity index (χ0) is 19.2. The smallest absolute Gasteiger partial charge is 0.208 e. The van der Waals surface area contributed by atoms with Gasteiger partial charge in [-0.3, -0.25) is 4.79 Å². The van der Waals surface area contributed by atoms with E-state index in [-0.39, 0.29) is 12.0 Å². The fourth-order valence-electron chi connectivity index (χ4n) is 3.98. The van der Waals surface area contributed by atoms with Gasteiger partial charge in [0.25, 0.3) is 0 Å². The van der Waals surface area contributed by atoms with Gasteiger partial charge in [-0.1, -0.05) is 6.92 Å². The van der Waals surface area contributed by atoms with Crippen LogP contribution >= 0.6 is 0 Å². The Morgan fingerprint density at radius 1 is 1.23 bits per heavy atom. The Hall–Kier alpha value is -1.11. The second-order valence-electron chi connectivity index (χ2n) is 7.11. The lowest BCUT2D eigenvalue weighted by Crippen LogP contribution is -2.61. The highest BCUT2D eigenvalue weighted by Gasteiger charge is 2.60. The zero-order valence-electron chi connectivity index (χ0n) is 14.1. The van der Waals surface area contributed by atoms with Crippen molar-refractivity contribution in [3.05, 3.63) is 11.8 Å². The summed E-state index contributed by atoms with van der Waals surface area (Å²) in [6.07, 6.45) is -8.12. The van der Waals surface area contributed by atoms with Crippen LogP contribution in [-0.4, -0.2) is 92.2 Å². The molecule has 0 aromatic carbocycles. The Kier molecular flexibility index (Phi) is 5.39. The number of aldehydes is 1. The molecule has 2 heterocycles. The highest BCUT2D eigenvalue weighted by Crippen LogP contribution is 2.49. The minimum Gasteiger partial charge on any atom is -0.471 e. The molecule has 0 amide bonds. The van der Waals surface area contributed by atoms with Crippen LogP contribution in [-0.2, 0) is 19.0 Å². The van der Waals surface area contributed by atoms with Crippen molar-refractivity contribution >= 4 is 6.29 Å². The summed E-state index contributed by atoms with van der Waals surface area (Å²) in [6, 6.07) is 0. The predicted octanol–water partition coefficient (Wildman–Crippen LogP) is -3.01. The Labute approximate surface area is 149 Å². The molecule has 10 heteroatoms. The number of hydrogen-bond acceptors (Lipinski definition) is 10. The number of rotatable bonds is 4. The van der Waals surface area contributed by atoms with E-state index in [1.54, 1.807) is 6.92 Å². The molecule has 0 radical (unpaired) electrons. The van der Waals surface area contributed by atoms with Crippen LogP contribution < -0.4 is 0 Å². The Balaban J connectivity index is 1.83. The second kappa shape index (κ2) is 7.13. The number of carbonyl (C=O) groups excluding carboxylic acids is 1. The quantitative estimate of drug-likeness (QED) is 0.278. The van der Waals surface area contributed by atoms with Gasteiger partial charge in [0.2, 0.25) is 6.29 Å². The Morgan fingerprint density at radius 3 is 2.54 bits per heavy atom. The Morgan fingerprint density at radius 2 is 1.92 bits per heavy atom. The summed E-state index contributed by atoms with van der Waals surface area (Å²) in [7, 11) is 0. The van der Waals surface area contributed by atoms with Crippen LogP contribution in [0.1, 0.15) is 13.3 Å². The molecule has 0 spiro atoms. The summed E-state index contributed by atoms with van der Waals surface area (Å²) < 4.78 is 16.2. The van der Waals surface area contributed by atoms with E-state index in [4.69, 9.17) is 14.2 Å². The minimum absolute atomic E-state index is 0.0282. The molecule has 26 heavy (non-hydrogen) atoms. The largest absolute Gasteiger partial charge is 0.471 e. The van der Waals surface area contributed by atoms with Crippen LogP contribution in [0.25, 0.3) is 0 Å². The summed E-state index contributed by atoms with van der Waals surface area (Å²) in [5.74, 6) is -1.34. The molecule has 2 aliphatic heterocycles. The number of aliphatic hydroxyl groups excluding tert-OH is 5. The van der Waals surface area contributed by atoms with Gasteiger partial charge in [-0.25, -0.2) is 0 Å². The third-order valence-corrected chi connectivity index (χ3v) is 5.61. The van der Waals surface area contributed by atoms with Crippen molar-refractivity contribution < 1.29 is 49.6 Å². The van der Waals surface area contributed by atoms with Gasteiger partial charge < -0.3 is 44.8 Å². The third-order valence-electron chi connectivity index (χ3n) is 5.61. The van der Waals surface area contributed by atoms with Crippen molar-refractivity contribution in [3.63, 3.8) is 0 Å². The lowest BCUT2D eigenvalue weighted by molar-refractivity contribution is -0.346.